The highest BCUT2D eigenvalue weighted by molar-refractivity contribution is 6.33. The number of benzene rings is 2. The molecule has 0 saturated carbocycles. The van der Waals surface area contributed by atoms with Gasteiger partial charge in [-0.3, -0.25) is 24.6 Å². The summed E-state index contributed by atoms with van der Waals surface area (Å²) in [6.45, 7) is 3.42. The standard InChI is InChI=1S/C21H21ClN4O6/c22-17-3-2-15(26(29)30)12-16(17)21(28)25-9-7-24(8-10-25)6-5-23-20(27)14-1-4-18-19(11-14)32-13-31-18/h1-4,11-12H,5-10,13H2,(H,23,27). The van der Waals surface area contributed by atoms with Crippen LogP contribution in [0.2, 0.25) is 5.02 Å². The Bertz CT molecular complexity index is 1050. The summed E-state index contributed by atoms with van der Waals surface area (Å²) in [5.74, 6) is 0.662. The molecule has 1 fully saturated rings. The first kappa shape index (κ1) is 21.8. The maximum atomic E-state index is 12.8. The lowest BCUT2D eigenvalue weighted by molar-refractivity contribution is -0.384. The summed E-state index contributed by atoms with van der Waals surface area (Å²) in [7, 11) is 0. The third kappa shape index (κ3) is 4.76. The van der Waals surface area contributed by atoms with Crippen molar-refractivity contribution in [1.29, 1.82) is 0 Å². The lowest BCUT2D eigenvalue weighted by Crippen LogP contribution is -2.50. The Morgan fingerprint density at radius 1 is 1.06 bits per heavy atom. The molecule has 0 bridgehead atoms. The van der Waals surface area contributed by atoms with Gasteiger partial charge >= 0.3 is 0 Å². The zero-order chi connectivity index (χ0) is 22.7. The molecule has 2 aromatic rings. The molecule has 1 N–H and O–H groups in total. The number of piperazine rings is 1. The summed E-state index contributed by atoms with van der Waals surface area (Å²) in [6, 6.07) is 8.90. The zero-order valence-electron chi connectivity index (χ0n) is 17.1. The topological polar surface area (TPSA) is 114 Å². The number of hydrogen-bond donors (Lipinski definition) is 1. The lowest BCUT2D eigenvalue weighted by Gasteiger charge is -2.34. The fourth-order valence-electron chi connectivity index (χ4n) is 3.60. The molecule has 0 radical (unpaired) electrons. The number of fused-ring (bicyclic) bond motifs is 1. The molecule has 168 valence electrons. The van der Waals surface area contributed by atoms with Crippen LogP contribution in [-0.2, 0) is 0 Å². The van der Waals surface area contributed by atoms with E-state index in [2.05, 4.69) is 10.2 Å². The van der Waals surface area contributed by atoms with Gasteiger partial charge in [-0.1, -0.05) is 11.6 Å². The molecule has 2 aromatic carbocycles. The van der Waals surface area contributed by atoms with Crippen LogP contribution in [0.1, 0.15) is 20.7 Å². The van der Waals surface area contributed by atoms with Crippen molar-refractivity contribution in [2.24, 2.45) is 0 Å². The minimum atomic E-state index is -0.553. The van der Waals surface area contributed by atoms with Crippen molar-refractivity contribution in [3.05, 3.63) is 62.7 Å². The number of carbonyl (C=O) groups is 2. The number of nitro groups is 1. The number of ether oxygens (including phenoxy) is 2. The second-order valence-corrected chi connectivity index (χ2v) is 7.79. The van der Waals surface area contributed by atoms with Crippen molar-refractivity contribution < 1.29 is 24.0 Å². The van der Waals surface area contributed by atoms with Gasteiger partial charge in [0.05, 0.1) is 15.5 Å². The van der Waals surface area contributed by atoms with Gasteiger partial charge in [-0.05, 0) is 24.3 Å². The third-order valence-corrected chi connectivity index (χ3v) is 5.73. The van der Waals surface area contributed by atoms with Crippen LogP contribution in [0.25, 0.3) is 0 Å². The van der Waals surface area contributed by atoms with E-state index in [0.29, 0.717) is 56.3 Å². The van der Waals surface area contributed by atoms with Crippen LogP contribution < -0.4 is 14.8 Å². The molecule has 10 nitrogen and oxygen atoms in total. The molecule has 2 aliphatic rings. The highest BCUT2D eigenvalue weighted by atomic mass is 35.5. The van der Waals surface area contributed by atoms with Gasteiger partial charge in [0, 0.05) is 57.0 Å². The predicted molar refractivity (Wildman–Crippen MR) is 115 cm³/mol. The number of amides is 2. The van der Waals surface area contributed by atoms with Crippen molar-refractivity contribution in [2.75, 3.05) is 46.1 Å². The largest absolute Gasteiger partial charge is 0.454 e. The minimum Gasteiger partial charge on any atom is -0.454 e. The first-order chi connectivity index (χ1) is 15.4. The number of nitro benzene ring substituents is 1. The molecule has 0 aromatic heterocycles. The summed E-state index contributed by atoms with van der Waals surface area (Å²) >= 11 is 6.09. The Kier molecular flexibility index (Phi) is 6.42. The second-order valence-electron chi connectivity index (χ2n) is 7.38. The van der Waals surface area contributed by atoms with E-state index in [0.717, 1.165) is 0 Å². The predicted octanol–water partition coefficient (Wildman–Crippen LogP) is 2.16. The highest BCUT2D eigenvalue weighted by Crippen LogP contribution is 2.32. The maximum Gasteiger partial charge on any atom is 0.270 e. The molecule has 0 atom stereocenters. The van der Waals surface area contributed by atoms with Crippen molar-refractivity contribution in [1.82, 2.24) is 15.1 Å². The van der Waals surface area contributed by atoms with E-state index in [4.69, 9.17) is 21.1 Å². The fraction of sp³-hybridized carbons (Fsp3) is 0.333. The van der Waals surface area contributed by atoms with Crippen LogP contribution in [0.3, 0.4) is 0 Å². The summed E-state index contributed by atoms with van der Waals surface area (Å²) in [4.78, 5) is 39.3. The van der Waals surface area contributed by atoms with Crippen molar-refractivity contribution >= 4 is 29.1 Å². The van der Waals surface area contributed by atoms with Crippen molar-refractivity contribution in [3.63, 3.8) is 0 Å². The van der Waals surface area contributed by atoms with E-state index < -0.39 is 4.92 Å². The highest BCUT2D eigenvalue weighted by Gasteiger charge is 2.25. The molecular weight excluding hydrogens is 440 g/mol. The van der Waals surface area contributed by atoms with Gasteiger partial charge in [-0.25, -0.2) is 0 Å². The molecule has 32 heavy (non-hydrogen) atoms. The monoisotopic (exact) mass is 460 g/mol. The molecule has 0 spiro atoms. The fourth-order valence-corrected chi connectivity index (χ4v) is 3.80. The number of carbonyl (C=O) groups excluding carboxylic acids is 2. The Balaban J connectivity index is 1.24. The molecule has 1 saturated heterocycles. The van der Waals surface area contributed by atoms with E-state index in [-0.39, 0.29) is 34.9 Å². The summed E-state index contributed by atoms with van der Waals surface area (Å²) < 4.78 is 10.5. The number of hydrogen-bond acceptors (Lipinski definition) is 7. The third-order valence-electron chi connectivity index (χ3n) is 5.40. The quantitative estimate of drug-likeness (QED) is 0.519. The smallest absolute Gasteiger partial charge is 0.270 e. The molecule has 11 heteroatoms. The SMILES string of the molecule is O=C(NCCN1CCN(C(=O)c2cc([N+](=O)[O-])ccc2Cl)CC1)c1ccc2c(c1)OCO2. The van der Waals surface area contributed by atoms with E-state index in [1.54, 1.807) is 23.1 Å². The van der Waals surface area contributed by atoms with Crippen molar-refractivity contribution in [2.45, 2.75) is 0 Å². The first-order valence-electron chi connectivity index (χ1n) is 10.1. The van der Waals surface area contributed by atoms with Crippen LogP contribution in [0.15, 0.2) is 36.4 Å². The van der Waals surface area contributed by atoms with E-state index in [1.165, 1.54) is 18.2 Å². The number of nitrogens with zero attached hydrogens (tertiary/aromatic N) is 3. The second kappa shape index (κ2) is 9.41. The maximum absolute atomic E-state index is 12.8. The van der Waals surface area contributed by atoms with Gasteiger partial charge in [0.25, 0.3) is 17.5 Å². The average molecular weight is 461 g/mol. The zero-order valence-corrected chi connectivity index (χ0v) is 17.8. The lowest BCUT2D eigenvalue weighted by atomic mass is 10.1. The molecule has 0 aliphatic carbocycles. The molecule has 0 unspecified atom stereocenters. The van der Waals surface area contributed by atoms with Crippen LogP contribution in [0.5, 0.6) is 11.5 Å². The Morgan fingerprint density at radius 2 is 1.81 bits per heavy atom. The Labute approximate surface area is 188 Å². The first-order valence-corrected chi connectivity index (χ1v) is 10.4. The molecule has 2 amide bonds. The number of rotatable bonds is 6. The Morgan fingerprint density at radius 3 is 2.56 bits per heavy atom. The van der Waals surface area contributed by atoms with Gasteiger partial charge in [-0.15, -0.1) is 0 Å². The summed E-state index contributed by atoms with van der Waals surface area (Å²) in [5.41, 5.74) is 0.457. The summed E-state index contributed by atoms with van der Waals surface area (Å²) in [6.07, 6.45) is 0. The van der Waals surface area contributed by atoms with Gasteiger partial charge < -0.3 is 19.7 Å². The van der Waals surface area contributed by atoms with E-state index >= 15 is 0 Å². The number of halogens is 1. The molecule has 2 heterocycles. The van der Waals surface area contributed by atoms with Crippen LogP contribution in [-0.4, -0.2) is 72.6 Å². The number of non-ortho nitro benzene ring substituents is 1. The molecule has 4 rings (SSSR count). The van der Waals surface area contributed by atoms with E-state index in [1.807, 2.05) is 0 Å². The number of nitrogens with one attached hydrogen (secondary N) is 1. The van der Waals surface area contributed by atoms with Crippen LogP contribution >= 0.6 is 11.6 Å². The van der Waals surface area contributed by atoms with E-state index in [9.17, 15) is 19.7 Å². The van der Waals surface area contributed by atoms with Gasteiger partial charge in [-0.2, -0.15) is 0 Å². The normalized spacial score (nSPS) is 15.5. The Hall–Kier alpha value is -3.37. The van der Waals surface area contributed by atoms with Gasteiger partial charge in [0.2, 0.25) is 6.79 Å². The summed E-state index contributed by atoms with van der Waals surface area (Å²) in [5, 5.41) is 14.1. The van der Waals surface area contributed by atoms with Crippen LogP contribution in [0.4, 0.5) is 5.69 Å². The van der Waals surface area contributed by atoms with Gasteiger partial charge in [0.1, 0.15) is 0 Å². The molecule has 2 aliphatic heterocycles. The molecular formula is C21H21ClN4O6. The van der Waals surface area contributed by atoms with Gasteiger partial charge in [0.15, 0.2) is 11.5 Å². The van der Waals surface area contributed by atoms with Crippen LogP contribution in [0, 0.1) is 10.1 Å². The average Bonchev–Trinajstić information content (AvgIpc) is 3.27. The minimum absolute atomic E-state index is 0.130. The van der Waals surface area contributed by atoms with Crippen molar-refractivity contribution in [3.8, 4) is 11.5 Å².